The van der Waals surface area contributed by atoms with Crippen LogP contribution < -0.4 is 5.32 Å². The van der Waals surface area contributed by atoms with Gasteiger partial charge < -0.3 is 20.1 Å². The summed E-state index contributed by atoms with van der Waals surface area (Å²) in [5, 5.41) is 22.3. The van der Waals surface area contributed by atoms with Crippen molar-refractivity contribution in [1.82, 2.24) is 20.4 Å². The zero-order chi connectivity index (χ0) is 29.8. The molecule has 0 aliphatic carbocycles. The first-order chi connectivity index (χ1) is 19.6. The summed E-state index contributed by atoms with van der Waals surface area (Å²) in [5.41, 5.74) is 1.79. The summed E-state index contributed by atoms with van der Waals surface area (Å²) in [6.07, 6.45) is 5.77. The molecule has 4 rings (SSSR count). The number of carboxylic acids is 2. The largest absolute Gasteiger partial charge is 0.478 e. The van der Waals surface area contributed by atoms with E-state index in [4.69, 9.17) is 14.7 Å². The van der Waals surface area contributed by atoms with Gasteiger partial charge in [0, 0.05) is 52.8 Å². The number of halogens is 1. The Balaban J connectivity index is 0.000000507. The number of likely N-dealkylation sites (tertiary alicyclic amines) is 1. The van der Waals surface area contributed by atoms with Crippen molar-refractivity contribution in [3.63, 3.8) is 0 Å². The second kappa shape index (κ2) is 15.5. The minimum Gasteiger partial charge on any atom is -0.478 e. The van der Waals surface area contributed by atoms with E-state index < -0.39 is 22.7 Å². The molecule has 218 valence electrons. The molecular weight excluding hydrogens is 555 g/mol. The van der Waals surface area contributed by atoms with E-state index >= 15 is 0 Å². The number of nitrogens with zero attached hydrogens (tertiary/aromatic N) is 3. The maximum atomic E-state index is 13.1. The Kier molecular flexibility index (Phi) is 11.9. The van der Waals surface area contributed by atoms with Crippen molar-refractivity contribution in [2.24, 2.45) is 5.92 Å². The second-order valence-corrected chi connectivity index (χ2v) is 10.7. The maximum Gasteiger partial charge on any atom is 0.328 e. The van der Waals surface area contributed by atoms with Crippen molar-refractivity contribution in [2.45, 2.75) is 30.7 Å². The third-order valence-corrected chi connectivity index (χ3v) is 7.23. The fourth-order valence-corrected chi connectivity index (χ4v) is 4.63. The molecule has 11 nitrogen and oxygen atoms in total. The van der Waals surface area contributed by atoms with Crippen LogP contribution in [0.2, 0.25) is 0 Å². The Bertz CT molecular complexity index is 1350. The van der Waals surface area contributed by atoms with Gasteiger partial charge in [0.2, 0.25) is 0 Å². The molecule has 1 amide bonds. The topological polar surface area (TPSA) is 163 Å². The van der Waals surface area contributed by atoms with E-state index in [-0.39, 0.29) is 23.4 Å². The molecule has 2 heterocycles. The smallest absolute Gasteiger partial charge is 0.328 e. The van der Waals surface area contributed by atoms with Crippen LogP contribution in [0.5, 0.6) is 0 Å². The normalized spacial score (nSPS) is 14.7. The molecule has 3 aromatic rings. The van der Waals surface area contributed by atoms with Gasteiger partial charge in [0.1, 0.15) is 5.82 Å². The summed E-state index contributed by atoms with van der Waals surface area (Å²) in [4.78, 5) is 38.8. The van der Waals surface area contributed by atoms with Gasteiger partial charge >= 0.3 is 11.9 Å². The van der Waals surface area contributed by atoms with Crippen molar-refractivity contribution in [3.8, 4) is 11.5 Å². The second-order valence-electron chi connectivity index (χ2n) is 9.30. The minimum atomic E-state index is -1.26. The number of rotatable bonds is 10. The van der Waals surface area contributed by atoms with Crippen molar-refractivity contribution in [1.29, 1.82) is 0 Å². The molecule has 3 N–H and O–H groups in total. The maximum absolute atomic E-state index is 13.1. The summed E-state index contributed by atoms with van der Waals surface area (Å²) < 4.78 is 29.8. The van der Waals surface area contributed by atoms with Crippen LogP contribution in [-0.4, -0.2) is 73.2 Å². The number of aliphatic carboxylic acids is 2. The third kappa shape index (κ3) is 10.7. The first kappa shape index (κ1) is 31.3. The Morgan fingerprint density at radius 2 is 1.66 bits per heavy atom. The van der Waals surface area contributed by atoms with Crippen LogP contribution in [0.15, 0.2) is 70.1 Å². The van der Waals surface area contributed by atoms with Crippen molar-refractivity contribution in [2.75, 3.05) is 25.9 Å². The molecule has 1 aliphatic heterocycles. The van der Waals surface area contributed by atoms with Gasteiger partial charge in [0.05, 0.1) is 0 Å². The Morgan fingerprint density at radius 3 is 2.22 bits per heavy atom. The SMILES string of the molecule is CS(=O)c1ccc(-c2nc(C(=O)NCCC3CCN(Cc4ccc(F)cc4)CC3)no2)cc1.O=C(O)C=CC(=O)O. The predicted octanol–water partition coefficient (Wildman–Crippen LogP) is 3.36. The van der Waals surface area contributed by atoms with Crippen LogP contribution in [0.25, 0.3) is 11.5 Å². The summed E-state index contributed by atoms with van der Waals surface area (Å²) in [6, 6.07) is 13.6. The van der Waals surface area contributed by atoms with Crippen molar-refractivity contribution in [3.05, 3.63) is 77.9 Å². The molecule has 1 atom stereocenters. The number of piperidine rings is 1. The molecular formula is C28H31FN4O7S. The lowest BCUT2D eigenvalue weighted by Crippen LogP contribution is -2.35. The van der Waals surface area contributed by atoms with E-state index in [1.54, 1.807) is 30.5 Å². The third-order valence-electron chi connectivity index (χ3n) is 6.30. The van der Waals surface area contributed by atoms with Gasteiger partial charge in [-0.3, -0.25) is 13.9 Å². The zero-order valence-corrected chi connectivity index (χ0v) is 23.2. The van der Waals surface area contributed by atoms with E-state index in [1.807, 2.05) is 12.1 Å². The molecule has 1 fully saturated rings. The van der Waals surface area contributed by atoms with E-state index in [0.29, 0.717) is 35.1 Å². The van der Waals surface area contributed by atoms with Gasteiger partial charge in [0.15, 0.2) is 0 Å². The average molecular weight is 587 g/mol. The number of carboxylic acid groups (broad SMARTS) is 2. The molecule has 2 aromatic carbocycles. The number of hydrogen-bond donors (Lipinski definition) is 3. The van der Waals surface area contributed by atoms with Crippen LogP contribution in [0.4, 0.5) is 4.39 Å². The first-order valence-electron chi connectivity index (χ1n) is 12.8. The van der Waals surface area contributed by atoms with Gasteiger partial charge in [-0.15, -0.1) is 0 Å². The summed E-state index contributed by atoms with van der Waals surface area (Å²) in [5.74, 6) is -2.27. The van der Waals surface area contributed by atoms with Crippen LogP contribution >= 0.6 is 0 Å². The Labute approximate surface area is 238 Å². The summed E-state index contributed by atoms with van der Waals surface area (Å²) >= 11 is 0. The monoisotopic (exact) mass is 586 g/mol. The summed E-state index contributed by atoms with van der Waals surface area (Å²) in [6.45, 7) is 3.38. The van der Waals surface area contributed by atoms with Crippen molar-refractivity contribution < 1.29 is 37.7 Å². The number of aromatic nitrogens is 2. The van der Waals surface area contributed by atoms with Gasteiger partial charge in [-0.05, 0) is 80.2 Å². The molecule has 1 aromatic heterocycles. The molecule has 1 unspecified atom stereocenters. The highest BCUT2D eigenvalue weighted by Gasteiger charge is 2.20. The van der Waals surface area contributed by atoms with E-state index in [1.165, 1.54) is 12.1 Å². The van der Waals surface area contributed by atoms with Crippen LogP contribution in [0.1, 0.15) is 35.4 Å². The summed E-state index contributed by atoms with van der Waals surface area (Å²) in [7, 11) is -1.06. The van der Waals surface area contributed by atoms with E-state index in [0.717, 1.165) is 44.5 Å². The molecule has 1 aliphatic rings. The lowest BCUT2D eigenvalue weighted by Gasteiger charge is -2.32. The molecule has 0 saturated carbocycles. The fourth-order valence-electron chi connectivity index (χ4n) is 4.11. The van der Waals surface area contributed by atoms with Gasteiger partial charge in [-0.25, -0.2) is 14.0 Å². The number of nitrogens with one attached hydrogen (secondary N) is 1. The van der Waals surface area contributed by atoms with Gasteiger partial charge in [0.25, 0.3) is 17.6 Å². The number of benzene rings is 2. The van der Waals surface area contributed by atoms with Crippen LogP contribution in [0.3, 0.4) is 0 Å². The van der Waals surface area contributed by atoms with Crippen LogP contribution in [0, 0.1) is 11.7 Å². The number of carbonyl (C=O) groups is 3. The number of hydrogen-bond acceptors (Lipinski definition) is 8. The number of carbonyl (C=O) groups excluding carboxylic acids is 1. The molecule has 0 radical (unpaired) electrons. The van der Waals surface area contributed by atoms with E-state index in [9.17, 15) is 23.0 Å². The minimum absolute atomic E-state index is 0.00209. The highest BCUT2D eigenvalue weighted by atomic mass is 32.2. The highest BCUT2D eigenvalue weighted by molar-refractivity contribution is 7.84. The Hall–Kier alpha value is -4.23. The number of amides is 1. The highest BCUT2D eigenvalue weighted by Crippen LogP contribution is 2.22. The molecule has 41 heavy (non-hydrogen) atoms. The lowest BCUT2D eigenvalue weighted by molar-refractivity contribution is -0.134. The van der Waals surface area contributed by atoms with Crippen molar-refractivity contribution >= 4 is 28.6 Å². The lowest BCUT2D eigenvalue weighted by atomic mass is 9.93. The standard InChI is InChI=1S/C24H27FN4O3S.C4H4O4/c1-33(31)21-8-4-19(5-9-21)24-27-22(28-32-24)23(30)26-13-10-17-11-14-29(15-12-17)16-18-2-6-20(25)7-3-18;5-3(6)1-2-4(7)8/h2-9,17H,10-16H2,1H3,(H,26,30);1-2H,(H,5,6)(H,7,8). The van der Waals surface area contributed by atoms with E-state index in [2.05, 4.69) is 20.4 Å². The Morgan fingerprint density at radius 1 is 1.05 bits per heavy atom. The predicted molar refractivity (Wildman–Crippen MR) is 148 cm³/mol. The molecule has 0 spiro atoms. The average Bonchev–Trinajstić information content (AvgIpc) is 3.45. The molecule has 0 bridgehead atoms. The molecule has 1 saturated heterocycles. The fraction of sp³-hybridized carbons (Fsp3) is 0.321. The zero-order valence-electron chi connectivity index (χ0n) is 22.4. The van der Waals surface area contributed by atoms with Gasteiger partial charge in [-0.1, -0.05) is 17.3 Å². The molecule has 13 heteroatoms. The van der Waals surface area contributed by atoms with Crippen LogP contribution in [-0.2, 0) is 26.9 Å². The first-order valence-corrected chi connectivity index (χ1v) is 14.3. The quantitative estimate of drug-likeness (QED) is 0.300. The van der Waals surface area contributed by atoms with Gasteiger partial charge in [-0.2, -0.15) is 4.98 Å².